The van der Waals surface area contributed by atoms with Gasteiger partial charge in [-0.25, -0.2) is 0 Å². The average molecular weight is 304 g/mol. The largest absolute Gasteiger partial charge is 0.327 e. The first kappa shape index (κ1) is 15.5. The van der Waals surface area contributed by atoms with E-state index < -0.39 is 0 Å². The van der Waals surface area contributed by atoms with Crippen molar-refractivity contribution in [1.29, 1.82) is 0 Å². The molecule has 0 aromatic heterocycles. The molecule has 0 radical (unpaired) electrons. The molecule has 2 unspecified atom stereocenters. The van der Waals surface area contributed by atoms with Gasteiger partial charge in [-0.1, -0.05) is 33.6 Å². The lowest BCUT2D eigenvalue weighted by Crippen LogP contribution is -2.57. The van der Waals surface area contributed by atoms with E-state index in [9.17, 15) is 0 Å². The van der Waals surface area contributed by atoms with E-state index in [0.717, 1.165) is 29.6 Å². The highest BCUT2D eigenvalue weighted by molar-refractivity contribution is 5.09. The summed E-state index contributed by atoms with van der Waals surface area (Å²) in [5, 5.41) is 0. The molecule has 1 heteroatoms. The lowest BCUT2D eigenvalue weighted by atomic mass is 9.44. The molecule has 0 aromatic carbocycles. The van der Waals surface area contributed by atoms with Gasteiger partial charge in [0.05, 0.1) is 0 Å². The summed E-state index contributed by atoms with van der Waals surface area (Å²) >= 11 is 0. The molecule has 8 atom stereocenters. The van der Waals surface area contributed by atoms with E-state index in [1.54, 1.807) is 0 Å². The van der Waals surface area contributed by atoms with E-state index >= 15 is 0 Å². The van der Waals surface area contributed by atoms with Gasteiger partial charge in [-0.15, -0.1) is 0 Å². The molecular formula is C21H37N. The van der Waals surface area contributed by atoms with E-state index in [1.165, 1.54) is 64.2 Å². The second-order valence-corrected chi connectivity index (χ2v) is 9.85. The van der Waals surface area contributed by atoms with Crippen LogP contribution in [0.5, 0.6) is 0 Å². The Balaban J connectivity index is 1.63. The fourth-order valence-corrected chi connectivity index (χ4v) is 8.26. The van der Waals surface area contributed by atoms with Crippen molar-refractivity contribution in [2.75, 3.05) is 0 Å². The minimum absolute atomic E-state index is 0.500. The fraction of sp³-hybridized carbons (Fsp3) is 1.00. The lowest BCUT2D eigenvalue weighted by Gasteiger charge is -2.61. The van der Waals surface area contributed by atoms with Gasteiger partial charge in [0.1, 0.15) is 0 Å². The monoisotopic (exact) mass is 303 g/mol. The third-order valence-corrected chi connectivity index (χ3v) is 9.40. The Kier molecular flexibility index (Phi) is 3.68. The van der Waals surface area contributed by atoms with Gasteiger partial charge in [0.25, 0.3) is 0 Å². The minimum Gasteiger partial charge on any atom is -0.327 e. The summed E-state index contributed by atoms with van der Waals surface area (Å²) in [4.78, 5) is 0. The zero-order chi connectivity index (χ0) is 15.5. The van der Waals surface area contributed by atoms with Crippen LogP contribution in [0.25, 0.3) is 0 Å². The van der Waals surface area contributed by atoms with Crippen molar-refractivity contribution < 1.29 is 0 Å². The van der Waals surface area contributed by atoms with Crippen LogP contribution >= 0.6 is 0 Å². The quantitative estimate of drug-likeness (QED) is 0.691. The van der Waals surface area contributed by atoms with Crippen molar-refractivity contribution in [2.45, 2.75) is 91.0 Å². The molecule has 126 valence electrons. The van der Waals surface area contributed by atoms with Crippen molar-refractivity contribution >= 4 is 0 Å². The van der Waals surface area contributed by atoms with E-state index in [0.29, 0.717) is 16.9 Å². The Labute approximate surface area is 137 Å². The van der Waals surface area contributed by atoms with Crippen LogP contribution in [0.3, 0.4) is 0 Å². The summed E-state index contributed by atoms with van der Waals surface area (Å²) in [5.41, 5.74) is 7.82. The molecule has 0 heterocycles. The maximum atomic E-state index is 6.57. The molecule has 4 aliphatic carbocycles. The van der Waals surface area contributed by atoms with Crippen LogP contribution in [0.4, 0.5) is 0 Å². The SMILES string of the molecule is CC[C@H]1CC[C@H]2[C@@H]3CCC4C(N)CCC[C@]4(C)[C@H]3CC[C@]12C. The molecule has 0 bridgehead atoms. The molecule has 2 N–H and O–H groups in total. The van der Waals surface area contributed by atoms with Crippen molar-refractivity contribution in [1.82, 2.24) is 0 Å². The first-order valence-electron chi connectivity index (χ1n) is 10.3. The summed E-state index contributed by atoms with van der Waals surface area (Å²) in [7, 11) is 0. The number of hydrogen-bond donors (Lipinski definition) is 1. The van der Waals surface area contributed by atoms with Crippen LogP contribution in [0.15, 0.2) is 0 Å². The number of hydrogen-bond acceptors (Lipinski definition) is 1. The summed E-state index contributed by atoms with van der Waals surface area (Å²) in [6.45, 7) is 7.74. The van der Waals surface area contributed by atoms with Crippen LogP contribution in [0.2, 0.25) is 0 Å². The molecule has 1 nitrogen and oxygen atoms in total. The molecule has 0 amide bonds. The van der Waals surface area contributed by atoms with Crippen LogP contribution in [0, 0.1) is 40.4 Å². The predicted octanol–water partition coefficient (Wildman–Crippen LogP) is 5.38. The zero-order valence-corrected chi connectivity index (χ0v) is 15.1. The third kappa shape index (κ3) is 1.93. The van der Waals surface area contributed by atoms with E-state index in [1.807, 2.05) is 0 Å². The van der Waals surface area contributed by atoms with Gasteiger partial charge in [0, 0.05) is 6.04 Å². The first-order valence-corrected chi connectivity index (χ1v) is 10.3. The van der Waals surface area contributed by atoms with Gasteiger partial charge < -0.3 is 5.73 Å². The summed E-state index contributed by atoms with van der Waals surface area (Å²) < 4.78 is 0. The van der Waals surface area contributed by atoms with Gasteiger partial charge >= 0.3 is 0 Å². The molecular weight excluding hydrogens is 266 g/mol. The first-order chi connectivity index (χ1) is 10.5. The average Bonchev–Trinajstić information content (AvgIpc) is 2.83. The third-order valence-electron chi connectivity index (χ3n) is 9.40. The highest BCUT2D eigenvalue weighted by Crippen LogP contribution is 2.67. The summed E-state index contributed by atoms with van der Waals surface area (Å²) in [6.07, 6.45) is 14.5. The standard InChI is InChI=1S/C21H37N/c1-4-14-7-9-16-15-8-10-18-19(22)6-5-12-21(18,3)17(15)11-13-20(14,16)2/h14-19H,4-13,22H2,1-3H3/t14-,15-,16-,17-,18?,19?,20+,21+/m0/s1. The molecule has 4 rings (SSSR count). The van der Waals surface area contributed by atoms with Crippen LogP contribution < -0.4 is 5.73 Å². The molecule has 22 heavy (non-hydrogen) atoms. The Bertz CT molecular complexity index is 432. The van der Waals surface area contributed by atoms with E-state index in [-0.39, 0.29) is 0 Å². The zero-order valence-electron chi connectivity index (χ0n) is 15.1. The molecule has 4 fully saturated rings. The summed E-state index contributed by atoms with van der Waals surface area (Å²) in [5.74, 6) is 4.90. The maximum absolute atomic E-state index is 6.57. The van der Waals surface area contributed by atoms with E-state index in [4.69, 9.17) is 5.73 Å². The maximum Gasteiger partial charge on any atom is 0.00724 e. The Morgan fingerprint density at radius 1 is 0.818 bits per heavy atom. The topological polar surface area (TPSA) is 26.0 Å². The van der Waals surface area contributed by atoms with Crippen molar-refractivity contribution in [3.63, 3.8) is 0 Å². The Hall–Kier alpha value is -0.0400. The smallest absolute Gasteiger partial charge is 0.00724 e. The number of fused-ring (bicyclic) bond motifs is 5. The van der Waals surface area contributed by atoms with Gasteiger partial charge in [-0.2, -0.15) is 0 Å². The van der Waals surface area contributed by atoms with Crippen LogP contribution in [-0.4, -0.2) is 6.04 Å². The van der Waals surface area contributed by atoms with Crippen molar-refractivity contribution in [3.05, 3.63) is 0 Å². The summed E-state index contributed by atoms with van der Waals surface area (Å²) in [6, 6.07) is 0.500. The molecule has 0 aromatic rings. The number of rotatable bonds is 1. The molecule has 0 spiro atoms. The number of nitrogens with two attached hydrogens (primary N) is 1. The lowest BCUT2D eigenvalue weighted by molar-refractivity contribution is -0.115. The highest BCUT2D eigenvalue weighted by Gasteiger charge is 2.60. The normalized spacial score (nSPS) is 57.8. The Morgan fingerprint density at radius 2 is 1.55 bits per heavy atom. The van der Waals surface area contributed by atoms with Gasteiger partial charge in [-0.05, 0) is 91.8 Å². The fourth-order valence-electron chi connectivity index (χ4n) is 8.26. The molecule has 4 saturated carbocycles. The van der Waals surface area contributed by atoms with Crippen molar-refractivity contribution in [2.24, 2.45) is 46.2 Å². The highest BCUT2D eigenvalue weighted by atomic mass is 14.7. The van der Waals surface area contributed by atoms with Crippen LogP contribution in [0.1, 0.15) is 85.0 Å². The second-order valence-electron chi connectivity index (χ2n) is 9.85. The molecule has 0 saturated heterocycles. The van der Waals surface area contributed by atoms with E-state index in [2.05, 4.69) is 20.8 Å². The predicted molar refractivity (Wildman–Crippen MR) is 93.5 cm³/mol. The van der Waals surface area contributed by atoms with Crippen LogP contribution in [-0.2, 0) is 0 Å². The van der Waals surface area contributed by atoms with Gasteiger partial charge in [0.15, 0.2) is 0 Å². The minimum atomic E-state index is 0.500. The molecule has 4 aliphatic rings. The molecule has 0 aliphatic heterocycles. The second kappa shape index (κ2) is 5.23. The van der Waals surface area contributed by atoms with Gasteiger partial charge in [-0.3, -0.25) is 0 Å². The Morgan fingerprint density at radius 3 is 2.32 bits per heavy atom. The van der Waals surface area contributed by atoms with Gasteiger partial charge in [0.2, 0.25) is 0 Å². The van der Waals surface area contributed by atoms with Crippen molar-refractivity contribution in [3.8, 4) is 0 Å².